The van der Waals surface area contributed by atoms with E-state index in [4.69, 9.17) is 0 Å². The van der Waals surface area contributed by atoms with Crippen molar-refractivity contribution < 1.29 is 18.3 Å². The second-order valence-electron chi connectivity index (χ2n) is 7.07. The summed E-state index contributed by atoms with van der Waals surface area (Å²) in [7, 11) is -3.83. The summed E-state index contributed by atoms with van der Waals surface area (Å²) in [4.78, 5) is 11.8. The lowest BCUT2D eigenvalue weighted by Crippen LogP contribution is -2.44. The SMILES string of the molecule is O=C(O)[C@H]1CC2CCCC2N1S(=O)(=O)c1ccc(-c2ccccc2)cc1. The maximum atomic E-state index is 13.2. The normalized spacial score (nSPS) is 25.9. The number of aliphatic carboxylic acids is 1. The van der Waals surface area contributed by atoms with Crippen LogP contribution in [-0.4, -0.2) is 35.9 Å². The van der Waals surface area contributed by atoms with E-state index in [1.807, 2.05) is 30.3 Å². The second kappa shape index (κ2) is 6.52. The molecule has 26 heavy (non-hydrogen) atoms. The van der Waals surface area contributed by atoms with Crippen LogP contribution in [-0.2, 0) is 14.8 Å². The minimum absolute atomic E-state index is 0.162. The highest BCUT2D eigenvalue weighted by molar-refractivity contribution is 7.89. The van der Waals surface area contributed by atoms with Crippen molar-refractivity contribution in [2.45, 2.75) is 42.7 Å². The summed E-state index contributed by atoms with van der Waals surface area (Å²) in [6.07, 6.45) is 3.03. The molecule has 1 N–H and O–H groups in total. The fourth-order valence-corrected chi connectivity index (χ4v) is 6.24. The Bertz CT molecular complexity index is 909. The van der Waals surface area contributed by atoms with Crippen LogP contribution in [0.3, 0.4) is 0 Å². The number of benzene rings is 2. The van der Waals surface area contributed by atoms with Crippen LogP contribution in [0, 0.1) is 5.92 Å². The summed E-state index contributed by atoms with van der Waals surface area (Å²) in [6.45, 7) is 0. The summed E-state index contributed by atoms with van der Waals surface area (Å²) >= 11 is 0. The van der Waals surface area contributed by atoms with E-state index in [0.29, 0.717) is 6.42 Å². The standard InChI is InChI=1S/C20H21NO4S/c22-20(23)19-13-16-7-4-8-18(16)21(19)26(24,25)17-11-9-15(10-12-17)14-5-2-1-3-6-14/h1-3,5-6,9-12,16,18-19H,4,7-8,13H2,(H,22,23)/t16?,18?,19-/m1/s1. The second-order valence-corrected chi connectivity index (χ2v) is 8.92. The highest BCUT2D eigenvalue weighted by Crippen LogP contribution is 2.44. The molecule has 4 rings (SSSR count). The van der Waals surface area contributed by atoms with E-state index in [0.717, 1.165) is 30.4 Å². The van der Waals surface area contributed by atoms with E-state index in [1.54, 1.807) is 24.3 Å². The van der Waals surface area contributed by atoms with Crippen LogP contribution in [0.5, 0.6) is 0 Å². The van der Waals surface area contributed by atoms with Crippen molar-refractivity contribution in [2.75, 3.05) is 0 Å². The molecule has 5 nitrogen and oxygen atoms in total. The molecular formula is C20H21NO4S. The van der Waals surface area contributed by atoms with Crippen molar-refractivity contribution in [3.05, 3.63) is 54.6 Å². The smallest absolute Gasteiger partial charge is 0.322 e. The molecule has 1 aliphatic carbocycles. The van der Waals surface area contributed by atoms with E-state index in [9.17, 15) is 18.3 Å². The van der Waals surface area contributed by atoms with E-state index in [2.05, 4.69) is 0 Å². The molecule has 0 aromatic heterocycles. The quantitative estimate of drug-likeness (QED) is 0.894. The van der Waals surface area contributed by atoms with Gasteiger partial charge in [-0.25, -0.2) is 8.42 Å². The predicted molar refractivity (Wildman–Crippen MR) is 98.1 cm³/mol. The van der Waals surface area contributed by atoms with Gasteiger partial charge in [0, 0.05) is 6.04 Å². The Kier molecular flexibility index (Phi) is 4.32. The largest absolute Gasteiger partial charge is 0.480 e. The molecule has 2 unspecified atom stereocenters. The maximum Gasteiger partial charge on any atom is 0.322 e. The molecule has 0 amide bonds. The molecule has 2 aromatic carbocycles. The minimum Gasteiger partial charge on any atom is -0.480 e. The van der Waals surface area contributed by atoms with E-state index < -0.39 is 22.0 Å². The number of rotatable bonds is 4. The van der Waals surface area contributed by atoms with Gasteiger partial charge in [-0.2, -0.15) is 4.31 Å². The van der Waals surface area contributed by atoms with Crippen LogP contribution in [0.15, 0.2) is 59.5 Å². The van der Waals surface area contributed by atoms with Gasteiger partial charge in [0.15, 0.2) is 0 Å². The number of hydrogen-bond acceptors (Lipinski definition) is 3. The lowest BCUT2D eigenvalue weighted by atomic mass is 10.0. The molecule has 0 bridgehead atoms. The number of hydrogen-bond donors (Lipinski definition) is 1. The monoisotopic (exact) mass is 371 g/mol. The van der Waals surface area contributed by atoms with Gasteiger partial charge in [0.1, 0.15) is 6.04 Å². The number of carbonyl (C=O) groups is 1. The van der Waals surface area contributed by atoms with Crippen LogP contribution in [0.25, 0.3) is 11.1 Å². The Morgan fingerprint density at radius 2 is 1.62 bits per heavy atom. The van der Waals surface area contributed by atoms with Crippen molar-refractivity contribution >= 4 is 16.0 Å². The van der Waals surface area contributed by atoms with E-state index in [-0.39, 0.29) is 16.9 Å². The van der Waals surface area contributed by atoms with Crippen molar-refractivity contribution in [2.24, 2.45) is 5.92 Å². The molecule has 6 heteroatoms. The minimum atomic E-state index is -3.83. The third-order valence-corrected chi connectivity index (χ3v) is 7.55. The molecule has 1 saturated carbocycles. The maximum absolute atomic E-state index is 13.2. The summed E-state index contributed by atoms with van der Waals surface area (Å²) in [5, 5.41) is 9.54. The average Bonchev–Trinajstić information content (AvgIpc) is 3.23. The van der Waals surface area contributed by atoms with Crippen molar-refractivity contribution in [1.82, 2.24) is 4.31 Å². The Hall–Kier alpha value is -2.18. The van der Waals surface area contributed by atoms with Gasteiger partial charge in [-0.1, -0.05) is 48.9 Å². The summed E-state index contributed by atoms with van der Waals surface area (Å²) in [5.74, 6) is -0.890. The molecule has 1 heterocycles. The van der Waals surface area contributed by atoms with Gasteiger partial charge in [-0.05, 0) is 48.4 Å². The fourth-order valence-electron chi connectivity index (χ4n) is 4.38. The van der Waals surface area contributed by atoms with E-state index >= 15 is 0 Å². The zero-order valence-electron chi connectivity index (χ0n) is 14.3. The molecule has 1 aliphatic heterocycles. The third-order valence-electron chi connectivity index (χ3n) is 5.60. The van der Waals surface area contributed by atoms with Crippen LogP contribution in [0.1, 0.15) is 25.7 Å². The Labute approximate surface area is 153 Å². The summed E-state index contributed by atoms with van der Waals surface area (Å²) < 4.78 is 27.7. The first-order chi connectivity index (χ1) is 12.5. The molecule has 2 aliphatic rings. The van der Waals surface area contributed by atoms with Crippen molar-refractivity contribution in [3.63, 3.8) is 0 Å². The zero-order chi connectivity index (χ0) is 18.3. The van der Waals surface area contributed by atoms with Crippen LogP contribution in [0.2, 0.25) is 0 Å². The Balaban J connectivity index is 1.68. The topological polar surface area (TPSA) is 74.7 Å². The molecule has 0 radical (unpaired) electrons. The number of nitrogens with zero attached hydrogens (tertiary/aromatic N) is 1. The highest BCUT2D eigenvalue weighted by Gasteiger charge is 2.52. The molecule has 136 valence electrons. The Morgan fingerprint density at radius 1 is 0.962 bits per heavy atom. The average molecular weight is 371 g/mol. The highest BCUT2D eigenvalue weighted by atomic mass is 32.2. The Morgan fingerprint density at radius 3 is 2.27 bits per heavy atom. The first kappa shape index (κ1) is 17.2. The van der Waals surface area contributed by atoms with Gasteiger partial charge in [0.25, 0.3) is 0 Å². The molecule has 3 atom stereocenters. The first-order valence-corrected chi connectivity index (χ1v) is 10.3. The molecule has 2 aromatic rings. The number of carboxylic acids is 1. The number of carboxylic acid groups (broad SMARTS) is 1. The molecule has 0 spiro atoms. The predicted octanol–water partition coefficient (Wildman–Crippen LogP) is 3.37. The van der Waals surface area contributed by atoms with Gasteiger partial charge in [0.05, 0.1) is 4.90 Å². The molecule has 2 fully saturated rings. The lowest BCUT2D eigenvalue weighted by Gasteiger charge is -2.26. The van der Waals surface area contributed by atoms with Gasteiger partial charge < -0.3 is 5.11 Å². The summed E-state index contributed by atoms with van der Waals surface area (Å²) in [6, 6.07) is 15.3. The van der Waals surface area contributed by atoms with Crippen LogP contribution >= 0.6 is 0 Å². The molecule has 1 saturated heterocycles. The van der Waals surface area contributed by atoms with E-state index in [1.165, 1.54) is 4.31 Å². The lowest BCUT2D eigenvalue weighted by molar-refractivity contribution is -0.141. The number of fused-ring (bicyclic) bond motifs is 1. The number of sulfonamides is 1. The molecular weight excluding hydrogens is 350 g/mol. The van der Waals surface area contributed by atoms with Gasteiger partial charge in [-0.3, -0.25) is 4.79 Å². The first-order valence-electron chi connectivity index (χ1n) is 8.90. The van der Waals surface area contributed by atoms with Crippen molar-refractivity contribution in [1.29, 1.82) is 0 Å². The zero-order valence-corrected chi connectivity index (χ0v) is 15.1. The van der Waals surface area contributed by atoms with Crippen molar-refractivity contribution in [3.8, 4) is 11.1 Å². The van der Waals surface area contributed by atoms with Gasteiger partial charge in [0.2, 0.25) is 10.0 Å². The fraction of sp³-hybridized carbons (Fsp3) is 0.350. The van der Waals surface area contributed by atoms with Crippen LogP contribution in [0.4, 0.5) is 0 Å². The van der Waals surface area contributed by atoms with Gasteiger partial charge >= 0.3 is 5.97 Å². The third kappa shape index (κ3) is 2.83. The van der Waals surface area contributed by atoms with Crippen LogP contribution < -0.4 is 0 Å². The van der Waals surface area contributed by atoms with Gasteiger partial charge in [-0.15, -0.1) is 0 Å². The summed E-state index contributed by atoms with van der Waals surface area (Å²) in [5.41, 5.74) is 1.94.